The van der Waals surface area contributed by atoms with Crippen LogP contribution in [-0.2, 0) is 6.54 Å². The highest BCUT2D eigenvalue weighted by Gasteiger charge is 2.30. The topological polar surface area (TPSA) is 70.2 Å². The summed E-state index contributed by atoms with van der Waals surface area (Å²) in [7, 11) is 0. The van der Waals surface area contributed by atoms with Gasteiger partial charge in [0, 0.05) is 12.3 Å². The quantitative estimate of drug-likeness (QED) is 0.462. The van der Waals surface area contributed by atoms with Crippen LogP contribution in [0.5, 0.6) is 5.75 Å². The SMILES string of the molecule is Cc1noc(C)c1-c1c(OCC(F)(F)F)ccc2ccc(=O)n(Cc3ccccn3)c12. The number of pyridine rings is 2. The average molecular weight is 429 g/mol. The number of ether oxygens (including phenoxy) is 1. The molecule has 0 atom stereocenters. The lowest BCUT2D eigenvalue weighted by Gasteiger charge is -2.18. The molecule has 0 saturated carbocycles. The summed E-state index contributed by atoms with van der Waals surface area (Å²) in [6.45, 7) is 2.01. The van der Waals surface area contributed by atoms with E-state index in [1.807, 2.05) is 0 Å². The number of halogens is 3. The molecule has 0 bridgehead atoms. The van der Waals surface area contributed by atoms with Gasteiger partial charge in [-0.1, -0.05) is 11.2 Å². The molecule has 0 N–H and O–H groups in total. The fraction of sp³-hybridized carbons (Fsp3) is 0.227. The van der Waals surface area contributed by atoms with Crippen molar-refractivity contribution in [2.24, 2.45) is 0 Å². The van der Waals surface area contributed by atoms with Gasteiger partial charge in [-0.25, -0.2) is 0 Å². The minimum Gasteiger partial charge on any atom is -0.483 e. The third-order valence-electron chi connectivity index (χ3n) is 4.83. The molecule has 0 spiro atoms. The molecule has 0 unspecified atom stereocenters. The van der Waals surface area contributed by atoms with E-state index in [9.17, 15) is 18.0 Å². The molecule has 4 aromatic rings. The Labute approximate surface area is 174 Å². The monoisotopic (exact) mass is 429 g/mol. The average Bonchev–Trinajstić information content (AvgIpc) is 3.06. The summed E-state index contributed by atoms with van der Waals surface area (Å²) in [6.07, 6.45) is -2.91. The molecule has 6 nitrogen and oxygen atoms in total. The maximum absolute atomic E-state index is 12.9. The number of hydrogen-bond donors (Lipinski definition) is 0. The van der Waals surface area contributed by atoms with Gasteiger partial charge in [0.1, 0.15) is 11.5 Å². The molecular formula is C22H18F3N3O3. The highest BCUT2D eigenvalue weighted by Crippen LogP contribution is 2.40. The second-order valence-corrected chi connectivity index (χ2v) is 7.06. The molecule has 9 heteroatoms. The molecule has 3 aromatic heterocycles. The zero-order valence-electron chi connectivity index (χ0n) is 16.7. The normalized spacial score (nSPS) is 11.8. The fourth-order valence-electron chi connectivity index (χ4n) is 3.55. The van der Waals surface area contributed by atoms with Crippen LogP contribution in [0.25, 0.3) is 22.0 Å². The molecule has 0 aliphatic carbocycles. The van der Waals surface area contributed by atoms with Crippen LogP contribution in [0, 0.1) is 13.8 Å². The molecule has 0 amide bonds. The van der Waals surface area contributed by atoms with E-state index in [4.69, 9.17) is 9.26 Å². The van der Waals surface area contributed by atoms with Gasteiger partial charge in [0.15, 0.2) is 6.61 Å². The lowest BCUT2D eigenvalue weighted by atomic mass is 9.98. The van der Waals surface area contributed by atoms with E-state index < -0.39 is 12.8 Å². The lowest BCUT2D eigenvalue weighted by Crippen LogP contribution is -2.22. The molecule has 0 aliphatic heterocycles. The number of rotatable bonds is 5. The summed E-state index contributed by atoms with van der Waals surface area (Å²) in [6, 6.07) is 11.5. The summed E-state index contributed by atoms with van der Waals surface area (Å²) in [5.74, 6) is 0.391. The second kappa shape index (κ2) is 7.90. The molecule has 0 saturated heterocycles. The minimum atomic E-state index is -4.52. The first-order valence-electron chi connectivity index (χ1n) is 9.44. The van der Waals surface area contributed by atoms with Crippen LogP contribution in [0.2, 0.25) is 0 Å². The largest absolute Gasteiger partial charge is 0.483 e. The Bertz CT molecular complexity index is 1280. The van der Waals surface area contributed by atoms with E-state index >= 15 is 0 Å². The van der Waals surface area contributed by atoms with Crippen LogP contribution < -0.4 is 10.3 Å². The standard InChI is InChI=1S/C22H18F3N3O3/c1-13-19(14(2)31-27-13)20-17(30-12-22(23,24)25)8-6-15-7-9-18(29)28(21(15)20)11-16-5-3-4-10-26-16/h3-10H,11-12H2,1-2H3. The lowest BCUT2D eigenvalue weighted by molar-refractivity contribution is -0.153. The van der Waals surface area contributed by atoms with E-state index in [-0.39, 0.29) is 17.9 Å². The number of aromatic nitrogens is 3. The Morgan fingerprint density at radius 1 is 1.06 bits per heavy atom. The van der Waals surface area contributed by atoms with Gasteiger partial charge in [-0.15, -0.1) is 0 Å². The van der Waals surface area contributed by atoms with Gasteiger partial charge >= 0.3 is 6.18 Å². The predicted octanol–water partition coefficient (Wildman–Crippen LogP) is 4.66. The zero-order valence-corrected chi connectivity index (χ0v) is 16.7. The molecule has 4 rings (SSSR count). The zero-order chi connectivity index (χ0) is 22.2. The van der Waals surface area contributed by atoms with Crippen LogP contribution in [0.1, 0.15) is 17.1 Å². The smallest absolute Gasteiger partial charge is 0.422 e. The van der Waals surface area contributed by atoms with Gasteiger partial charge < -0.3 is 13.8 Å². The third-order valence-corrected chi connectivity index (χ3v) is 4.83. The van der Waals surface area contributed by atoms with Crippen molar-refractivity contribution in [3.05, 3.63) is 76.2 Å². The number of nitrogens with zero attached hydrogens (tertiary/aromatic N) is 3. The van der Waals surface area contributed by atoms with E-state index in [0.29, 0.717) is 39.2 Å². The maximum atomic E-state index is 12.9. The first kappa shape index (κ1) is 20.6. The summed E-state index contributed by atoms with van der Waals surface area (Å²) in [4.78, 5) is 17.1. The summed E-state index contributed by atoms with van der Waals surface area (Å²) in [5.41, 5.74) is 2.02. The van der Waals surface area contributed by atoms with Gasteiger partial charge in [-0.3, -0.25) is 9.78 Å². The van der Waals surface area contributed by atoms with Crippen molar-refractivity contribution in [1.29, 1.82) is 0 Å². The van der Waals surface area contributed by atoms with Crippen molar-refractivity contribution in [3.8, 4) is 16.9 Å². The Hall–Kier alpha value is -3.62. The van der Waals surface area contributed by atoms with Crippen molar-refractivity contribution in [2.75, 3.05) is 6.61 Å². The molecule has 3 heterocycles. The van der Waals surface area contributed by atoms with Crippen molar-refractivity contribution in [3.63, 3.8) is 0 Å². The summed E-state index contributed by atoms with van der Waals surface area (Å²) >= 11 is 0. The van der Waals surface area contributed by atoms with Crippen LogP contribution in [0.3, 0.4) is 0 Å². The first-order chi connectivity index (χ1) is 14.7. The molecule has 0 radical (unpaired) electrons. The predicted molar refractivity (Wildman–Crippen MR) is 108 cm³/mol. The van der Waals surface area contributed by atoms with Gasteiger partial charge in [0.25, 0.3) is 5.56 Å². The number of aryl methyl sites for hydroxylation is 2. The second-order valence-electron chi connectivity index (χ2n) is 7.06. The molecular weight excluding hydrogens is 411 g/mol. The van der Waals surface area contributed by atoms with Crippen molar-refractivity contribution >= 4 is 10.9 Å². The first-order valence-corrected chi connectivity index (χ1v) is 9.44. The highest BCUT2D eigenvalue weighted by molar-refractivity contribution is 5.98. The van der Waals surface area contributed by atoms with Crippen LogP contribution in [0.4, 0.5) is 13.2 Å². The van der Waals surface area contributed by atoms with E-state index in [2.05, 4.69) is 10.1 Å². The molecule has 1 aromatic carbocycles. The van der Waals surface area contributed by atoms with Crippen LogP contribution in [0.15, 0.2) is 58.0 Å². The van der Waals surface area contributed by atoms with E-state index in [0.717, 1.165) is 0 Å². The highest BCUT2D eigenvalue weighted by atomic mass is 19.4. The van der Waals surface area contributed by atoms with Crippen molar-refractivity contribution in [1.82, 2.24) is 14.7 Å². The number of benzene rings is 1. The molecule has 0 fully saturated rings. The molecule has 160 valence electrons. The Morgan fingerprint density at radius 2 is 1.84 bits per heavy atom. The minimum absolute atomic E-state index is 0.0143. The Kier molecular flexibility index (Phi) is 5.26. The van der Waals surface area contributed by atoms with Crippen LogP contribution in [-0.4, -0.2) is 27.5 Å². The molecule has 31 heavy (non-hydrogen) atoms. The van der Waals surface area contributed by atoms with Gasteiger partial charge in [0.2, 0.25) is 0 Å². The fourth-order valence-corrected chi connectivity index (χ4v) is 3.55. The summed E-state index contributed by atoms with van der Waals surface area (Å²) < 4.78 is 50.6. The number of fused-ring (bicyclic) bond motifs is 1. The molecule has 0 aliphatic rings. The van der Waals surface area contributed by atoms with Gasteiger partial charge in [-0.2, -0.15) is 13.2 Å². The van der Waals surface area contributed by atoms with E-state index in [1.54, 1.807) is 50.4 Å². The van der Waals surface area contributed by atoms with E-state index in [1.165, 1.54) is 16.7 Å². The van der Waals surface area contributed by atoms with Gasteiger partial charge in [0.05, 0.1) is 34.6 Å². The van der Waals surface area contributed by atoms with Crippen molar-refractivity contribution < 1.29 is 22.4 Å². The Morgan fingerprint density at radius 3 is 2.48 bits per heavy atom. The van der Waals surface area contributed by atoms with Gasteiger partial charge in [-0.05, 0) is 49.6 Å². The Balaban J connectivity index is 2.02. The number of hydrogen-bond acceptors (Lipinski definition) is 5. The summed E-state index contributed by atoms with van der Waals surface area (Å²) in [5, 5.41) is 4.59. The maximum Gasteiger partial charge on any atom is 0.422 e. The third kappa shape index (κ3) is 4.16. The van der Waals surface area contributed by atoms with Crippen LogP contribution >= 0.6 is 0 Å². The van der Waals surface area contributed by atoms with Crippen molar-refractivity contribution in [2.45, 2.75) is 26.6 Å². The number of alkyl halides is 3.